The summed E-state index contributed by atoms with van der Waals surface area (Å²) in [5.74, 6) is 0. The first-order chi connectivity index (χ1) is 25.7. The monoisotopic (exact) mass is 678 g/mol. The zero-order valence-electron chi connectivity index (χ0n) is 30.3. The lowest BCUT2D eigenvalue weighted by Gasteiger charge is -2.39. The van der Waals surface area contributed by atoms with Crippen molar-refractivity contribution in [1.82, 2.24) is 15.2 Å². The minimum Gasteiger partial charge on any atom is -0.372 e. The molecule has 0 amide bonds. The molecule has 6 aromatic rings. The van der Waals surface area contributed by atoms with Crippen LogP contribution in [0, 0.1) is 0 Å². The topological polar surface area (TPSA) is 32.2 Å². The molecule has 3 heterocycles. The Bertz CT molecular complexity index is 2470. The van der Waals surface area contributed by atoms with Crippen LogP contribution in [0.5, 0.6) is 0 Å². The number of anilines is 1. The molecule has 2 unspecified atom stereocenters. The van der Waals surface area contributed by atoms with E-state index in [0.717, 1.165) is 18.5 Å². The number of hydrogen-bond donors (Lipinski definition) is 2. The first kappa shape index (κ1) is 33.3. The van der Waals surface area contributed by atoms with Gasteiger partial charge < -0.3 is 14.8 Å². The fourth-order valence-electron chi connectivity index (χ4n) is 8.10. The average Bonchev–Trinajstić information content (AvgIpc) is 3.46. The summed E-state index contributed by atoms with van der Waals surface area (Å²) in [6.45, 7) is 10.3. The van der Waals surface area contributed by atoms with Gasteiger partial charge >= 0.3 is 0 Å². The molecule has 4 heteroatoms. The van der Waals surface area contributed by atoms with Crippen LogP contribution in [0.3, 0.4) is 0 Å². The fourth-order valence-corrected chi connectivity index (χ4v) is 8.10. The summed E-state index contributed by atoms with van der Waals surface area (Å²) in [5.41, 5.74) is 12.4. The average molecular weight is 679 g/mol. The van der Waals surface area contributed by atoms with Gasteiger partial charge in [0.15, 0.2) is 0 Å². The molecule has 2 atom stereocenters. The molecule has 0 radical (unpaired) electrons. The molecule has 3 aliphatic rings. The summed E-state index contributed by atoms with van der Waals surface area (Å²) in [7, 11) is 0. The molecule has 1 aliphatic carbocycles. The third-order valence-corrected chi connectivity index (χ3v) is 10.2. The van der Waals surface area contributed by atoms with Gasteiger partial charge in [0.05, 0.1) is 16.7 Å². The number of hydrogen-bond acceptors (Lipinski definition) is 3. The number of aromatic nitrogens is 1. The van der Waals surface area contributed by atoms with Gasteiger partial charge in [0.25, 0.3) is 0 Å². The second-order valence-electron chi connectivity index (χ2n) is 13.6. The van der Waals surface area contributed by atoms with E-state index in [4.69, 9.17) is 0 Å². The van der Waals surface area contributed by atoms with Crippen LogP contribution in [-0.2, 0) is 0 Å². The normalized spacial score (nSPS) is 18.1. The molecule has 52 heavy (non-hydrogen) atoms. The Morgan fingerprint density at radius 1 is 0.846 bits per heavy atom. The van der Waals surface area contributed by atoms with E-state index in [0.29, 0.717) is 0 Å². The summed E-state index contributed by atoms with van der Waals surface area (Å²) in [6, 6.07) is 37.8. The van der Waals surface area contributed by atoms with Gasteiger partial charge in [0, 0.05) is 27.7 Å². The van der Waals surface area contributed by atoms with Crippen molar-refractivity contribution in [2.45, 2.75) is 52.4 Å². The fraction of sp³-hybridized carbons (Fsp3) is 0.167. The lowest BCUT2D eigenvalue weighted by molar-refractivity contribution is 0.424. The molecule has 0 spiro atoms. The van der Waals surface area contributed by atoms with Crippen LogP contribution in [0.2, 0.25) is 0 Å². The van der Waals surface area contributed by atoms with E-state index in [1.165, 1.54) is 78.2 Å². The predicted molar refractivity (Wildman–Crippen MR) is 224 cm³/mol. The molecular formula is C48H46N4. The van der Waals surface area contributed by atoms with E-state index in [1.807, 2.05) is 6.08 Å². The lowest BCUT2D eigenvalue weighted by atomic mass is 9.90. The van der Waals surface area contributed by atoms with Crippen molar-refractivity contribution in [3.8, 4) is 11.1 Å². The minimum atomic E-state index is -0.0964. The molecule has 258 valence electrons. The zero-order valence-corrected chi connectivity index (χ0v) is 30.3. The smallest absolute Gasteiger partial charge is 0.107 e. The summed E-state index contributed by atoms with van der Waals surface area (Å²) < 4.78 is 2.36. The Kier molecular flexibility index (Phi) is 9.24. The summed E-state index contributed by atoms with van der Waals surface area (Å²) in [4.78, 5) is 2.51. The quantitative estimate of drug-likeness (QED) is 0.178. The van der Waals surface area contributed by atoms with Crippen molar-refractivity contribution in [2.75, 3.05) is 4.90 Å². The van der Waals surface area contributed by atoms with Gasteiger partial charge in [-0.3, -0.25) is 5.32 Å². The summed E-state index contributed by atoms with van der Waals surface area (Å²) in [5, 5.41) is 12.7. The van der Waals surface area contributed by atoms with Crippen molar-refractivity contribution < 1.29 is 0 Å². The molecule has 9 rings (SSSR count). The van der Waals surface area contributed by atoms with Crippen LogP contribution in [-0.4, -0.2) is 10.7 Å². The third-order valence-electron chi connectivity index (χ3n) is 10.2. The maximum Gasteiger partial charge on any atom is 0.107 e. The summed E-state index contributed by atoms with van der Waals surface area (Å²) >= 11 is 0. The van der Waals surface area contributed by atoms with Crippen LogP contribution >= 0.6 is 0 Å². The minimum absolute atomic E-state index is 0.0656. The predicted octanol–water partition coefficient (Wildman–Crippen LogP) is 12.2. The Balaban J connectivity index is 0.00000125. The van der Waals surface area contributed by atoms with Gasteiger partial charge in [-0.05, 0) is 108 Å². The highest BCUT2D eigenvalue weighted by atomic mass is 15.3. The highest BCUT2D eigenvalue weighted by Gasteiger charge is 2.32. The largest absolute Gasteiger partial charge is 0.372 e. The molecule has 5 aromatic carbocycles. The molecule has 2 aliphatic heterocycles. The van der Waals surface area contributed by atoms with Gasteiger partial charge in [-0.1, -0.05) is 124 Å². The molecule has 0 fully saturated rings. The van der Waals surface area contributed by atoms with Gasteiger partial charge in [0.2, 0.25) is 0 Å². The standard InChI is InChI=1S/C45H38N4.C3H8/c1-3-13-32(14-4-2)48-41-25-24-31(29-38(41)44-33-16-6-5-15-30(33)23-26-42(44)48)45-46-28-27-43(47-45)49-39-21-11-9-19-36(39)34-17-7-8-18-35(34)37-20-10-12-22-40(37)49;1-3-2/h3-9,11-19,21-29,43,45-47H,1,10,20H2,2H3;3H2,1-2H3/b14-4-,32-13+;. The van der Waals surface area contributed by atoms with Gasteiger partial charge in [-0.25, -0.2) is 0 Å². The van der Waals surface area contributed by atoms with E-state index >= 15 is 0 Å². The first-order valence-electron chi connectivity index (χ1n) is 18.6. The van der Waals surface area contributed by atoms with Crippen LogP contribution in [0.4, 0.5) is 5.69 Å². The highest BCUT2D eigenvalue weighted by molar-refractivity contribution is 6.22. The number of fused-ring (bicyclic) bond motifs is 9. The van der Waals surface area contributed by atoms with Crippen molar-refractivity contribution in [2.24, 2.45) is 0 Å². The molecule has 2 N–H and O–H groups in total. The Hall–Kier alpha value is -5.84. The van der Waals surface area contributed by atoms with Crippen molar-refractivity contribution >= 4 is 49.5 Å². The molecule has 4 nitrogen and oxygen atoms in total. The van der Waals surface area contributed by atoms with E-state index in [2.05, 4.69) is 193 Å². The molecule has 0 bridgehead atoms. The number of benzene rings is 5. The van der Waals surface area contributed by atoms with Crippen molar-refractivity contribution in [3.05, 3.63) is 175 Å². The van der Waals surface area contributed by atoms with Crippen LogP contribution in [0.1, 0.15) is 57.3 Å². The van der Waals surface area contributed by atoms with E-state index < -0.39 is 0 Å². The second-order valence-corrected chi connectivity index (χ2v) is 13.6. The van der Waals surface area contributed by atoms with Crippen LogP contribution in [0.15, 0.2) is 164 Å². The number of allylic oxidation sites excluding steroid dienone is 8. The zero-order chi connectivity index (χ0) is 35.6. The number of nitrogens with one attached hydrogen (secondary N) is 2. The van der Waals surface area contributed by atoms with E-state index in [1.54, 1.807) is 0 Å². The SMILES string of the molecule is C=C/C=C(\C=C/C)n1c2ccc(C3NC=CC(N4C5=C(CCC=C5)c5ccccc5-c5ccccc54)N3)cc2c2c3ccccc3ccc21.CCC. The van der Waals surface area contributed by atoms with Crippen molar-refractivity contribution in [3.63, 3.8) is 0 Å². The number of nitrogens with zero attached hydrogens (tertiary/aromatic N) is 2. The highest BCUT2D eigenvalue weighted by Crippen LogP contribution is 2.46. The molecule has 0 saturated heterocycles. The second kappa shape index (κ2) is 14.4. The van der Waals surface area contributed by atoms with Gasteiger partial charge in [0.1, 0.15) is 12.3 Å². The maximum absolute atomic E-state index is 4.02. The van der Waals surface area contributed by atoms with Gasteiger partial charge in [-0.15, -0.1) is 0 Å². The Morgan fingerprint density at radius 2 is 1.60 bits per heavy atom. The Labute approximate surface area is 307 Å². The maximum atomic E-state index is 4.02. The van der Waals surface area contributed by atoms with Crippen molar-refractivity contribution in [1.29, 1.82) is 0 Å². The molecular weight excluding hydrogens is 633 g/mol. The van der Waals surface area contributed by atoms with Crippen LogP contribution in [0.25, 0.3) is 55.0 Å². The van der Waals surface area contributed by atoms with Crippen LogP contribution < -0.4 is 15.5 Å². The molecule has 0 saturated carbocycles. The number of para-hydroxylation sites is 1. The van der Waals surface area contributed by atoms with E-state index in [-0.39, 0.29) is 12.3 Å². The molecule has 1 aromatic heterocycles. The first-order valence-corrected chi connectivity index (χ1v) is 18.6. The van der Waals surface area contributed by atoms with E-state index in [9.17, 15) is 0 Å². The third kappa shape index (κ3) is 5.70. The number of rotatable bonds is 5. The van der Waals surface area contributed by atoms with Gasteiger partial charge in [-0.2, -0.15) is 0 Å². The Morgan fingerprint density at radius 3 is 2.42 bits per heavy atom. The summed E-state index contributed by atoms with van der Waals surface area (Å²) in [6.07, 6.45) is 20.4. The lowest BCUT2D eigenvalue weighted by Crippen LogP contribution is -2.51.